The highest BCUT2D eigenvalue weighted by Gasteiger charge is 2.20. The molecular weight excluding hydrogens is 412 g/mol. The van der Waals surface area contributed by atoms with Gasteiger partial charge in [0.1, 0.15) is 5.69 Å². The zero-order chi connectivity index (χ0) is 17.7. The molecule has 1 amide bonds. The fourth-order valence-electron chi connectivity index (χ4n) is 2.73. The molecule has 0 atom stereocenters. The molecule has 0 saturated carbocycles. The number of aromatic nitrogens is 2. The zero-order valence-corrected chi connectivity index (χ0v) is 15.2. The Morgan fingerprint density at radius 3 is 2.72 bits per heavy atom. The van der Waals surface area contributed by atoms with Gasteiger partial charge in [0.15, 0.2) is 16.8 Å². The first-order valence-electron chi connectivity index (χ1n) is 7.25. The molecule has 0 aliphatic carbocycles. The van der Waals surface area contributed by atoms with Gasteiger partial charge in [0.2, 0.25) is 0 Å². The van der Waals surface area contributed by atoms with Crippen molar-refractivity contribution in [1.29, 1.82) is 0 Å². The predicted molar refractivity (Wildman–Crippen MR) is 98.1 cm³/mol. The molecule has 8 heteroatoms. The molecule has 4 nitrogen and oxygen atoms in total. The largest absolute Gasteiger partial charge is 0.339 e. The number of fused-ring (bicyclic) bond motifs is 2. The molecule has 0 aliphatic rings. The van der Waals surface area contributed by atoms with Crippen LogP contribution in [0.2, 0.25) is 0 Å². The Hall–Kier alpha value is -2.32. The van der Waals surface area contributed by atoms with Crippen molar-refractivity contribution in [2.45, 2.75) is 0 Å². The van der Waals surface area contributed by atoms with Gasteiger partial charge in [-0.1, -0.05) is 29.5 Å². The van der Waals surface area contributed by atoms with Gasteiger partial charge in [-0.05, 0) is 28.1 Å². The molecule has 0 fully saturated rings. The quantitative estimate of drug-likeness (QED) is 0.490. The highest BCUT2D eigenvalue weighted by molar-refractivity contribution is 9.10. The molecule has 4 aromatic rings. The smallest absolute Gasteiger partial charge is 0.275 e. The number of para-hydroxylation sites is 1. The van der Waals surface area contributed by atoms with E-state index in [4.69, 9.17) is 0 Å². The van der Waals surface area contributed by atoms with Crippen LogP contribution in [0.3, 0.4) is 0 Å². The summed E-state index contributed by atoms with van der Waals surface area (Å²) < 4.78 is 29.5. The van der Waals surface area contributed by atoms with E-state index in [9.17, 15) is 13.6 Å². The molecule has 126 valence electrons. The van der Waals surface area contributed by atoms with Gasteiger partial charge in [-0.15, -0.1) is 0 Å². The van der Waals surface area contributed by atoms with Crippen LogP contribution in [-0.2, 0) is 7.05 Å². The van der Waals surface area contributed by atoms with E-state index in [0.29, 0.717) is 20.4 Å². The van der Waals surface area contributed by atoms with Gasteiger partial charge < -0.3 is 4.57 Å². The van der Waals surface area contributed by atoms with E-state index < -0.39 is 11.6 Å². The lowest BCUT2D eigenvalue weighted by Crippen LogP contribution is -2.16. The molecule has 2 heterocycles. The van der Waals surface area contributed by atoms with Crippen LogP contribution < -0.4 is 5.32 Å². The van der Waals surface area contributed by atoms with Crippen molar-refractivity contribution in [1.82, 2.24) is 9.55 Å². The minimum atomic E-state index is -0.966. The molecule has 0 radical (unpaired) electrons. The number of aryl methyl sites for hydroxylation is 1. The number of rotatable bonds is 2. The highest BCUT2D eigenvalue weighted by Crippen LogP contribution is 2.32. The van der Waals surface area contributed by atoms with E-state index in [1.807, 2.05) is 24.3 Å². The average Bonchev–Trinajstić information content (AvgIpc) is 3.07. The minimum absolute atomic E-state index is 0.280. The molecular formula is C17H10BrF2N3OS. The Morgan fingerprint density at radius 1 is 1.24 bits per heavy atom. The second kappa shape index (κ2) is 5.89. The van der Waals surface area contributed by atoms with Crippen molar-refractivity contribution in [3.05, 3.63) is 58.2 Å². The molecule has 2 aromatic heterocycles. The number of carbonyl (C=O) groups excluding carboxylic acids is 1. The summed E-state index contributed by atoms with van der Waals surface area (Å²) >= 11 is 4.56. The van der Waals surface area contributed by atoms with E-state index in [1.54, 1.807) is 11.6 Å². The van der Waals surface area contributed by atoms with Crippen LogP contribution in [0.1, 0.15) is 10.5 Å². The summed E-state index contributed by atoms with van der Waals surface area (Å²) in [6.07, 6.45) is 0. The van der Waals surface area contributed by atoms with Crippen molar-refractivity contribution in [3.8, 4) is 0 Å². The first-order chi connectivity index (χ1) is 12.0. The van der Waals surface area contributed by atoms with Crippen LogP contribution in [0.4, 0.5) is 13.9 Å². The number of carbonyl (C=O) groups is 1. The monoisotopic (exact) mass is 421 g/mol. The lowest BCUT2D eigenvalue weighted by atomic mass is 10.2. The van der Waals surface area contributed by atoms with Crippen LogP contribution in [0.25, 0.3) is 21.1 Å². The van der Waals surface area contributed by atoms with Gasteiger partial charge >= 0.3 is 0 Å². The summed E-state index contributed by atoms with van der Waals surface area (Å²) in [5.74, 6) is -2.26. The molecule has 2 aromatic carbocycles. The molecule has 1 N–H and O–H groups in total. The highest BCUT2D eigenvalue weighted by atomic mass is 79.9. The fourth-order valence-corrected chi connectivity index (χ4v) is 4.38. The topological polar surface area (TPSA) is 46.9 Å². The second-order valence-corrected chi connectivity index (χ2v) is 7.27. The number of anilines is 1. The van der Waals surface area contributed by atoms with Gasteiger partial charge in [-0.2, -0.15) is 0 Å². The Labute approximate surface area is 153 Å². The molecule has 0 bridgehead atoms. The maximum atomic E-state index is 13.3. The van der Waals surface area contributed by atoms with Crippen molar-refractivity contribution >= 4 is 59.4 Å². The van der Waals surface area contributed by atoms with E-state index in [1.165, 1.54) is 0 Å². The van der Waals surface area contributed by atoms with Crippen LogP contribution in [0.5, 0.6) is 0 Å². The molecule has 4 rings (SSSR count). The summed E-state index contributed by atoms with van der Waals surface area (Å²) in [6.45, 7) is 0. The standard InChI is InChI=1S/C17H10BrF2N3OS/c1-23-12-5-3-2-4-8(12)14(18)15(23)16(24)22-17-21-11-6-9(19)10(20)7-13(11)25-17/h2-7H,1H3,(H,21,22,24). The third-order valence-corrected chi connectivity index (χ3v) is 5.65. The Morgan fingerprint density at radius 2 is 1.96 bits per heavy atom. The van der Waals surface area contributed by atoms with Gasteiger partial charge in [0, 0.05) is 24.0 Å². The Balaban J connectivity index is 1.73. The normalized spacial score (nSPS) is 11.4. The SMILES string of the molecule is Cn1c(C(=O)Nc2nc3cc(F)c(F)cc3s2)c(Br)c2ccccc21. The van der Waals surface area contributed by atoms with Crippen molar-refractivity contribution in [2.75, 3.05) is 5.32 Å². The number of amides is 1. The van der Waals surface area contributed by atoms with Gasteiger partial charge in [0.05, 0.1) is 14.7 Å². The lowest BCUT2D eigenvalue weighted by Gasteiger charge is -2.04. The van der Waals surface area contributed by atoms with Crippen LogP contribution in [-0.4, -0.2) is 15.5 Å². The maximum Gasteiger partial charge on any atom is 0.275 e. The average molecular weight is 422 g/mol. The molecule has 0 aliphatic heterocycles. The number of nitrogens with zero attached hydrogens (tertiary/aromatic N) is 2. The summed E-state index contributed by atoms with van der Waals surface area (Å²) in [6, 6.07) is 9.71. The van der Waals surface area contributed by atoms with Gasteiger partial charge in [-0.25, -0.2) is 13.8 Å². The van der Waals surface area contributed by atoms with E-state index in [2.05, 4.69) is 26.2 Å². The summed E-state index contributed by atoms with van der Waals surface area (Å²) in [4.78, 5) is 16.8. The van der Waals surface area contributed by atoms with Crippen LogP contribution >= 0.6 is 27.3 Å². The minimum Gasteiger partial charge on any atom is -0.339 e. The summed E-state index contributed by atoms with van der Waals surface area (Å²) in [5, 5.41) is 3.90. The first kappa shape index (κ1) is 16.2. The molecule has 25 heavy (non-hydrogen) atoms. The van der Waals surface area contributed by atoms with Gasteiger partial charge in [-0.3, -0.25) is 10.1 Å². The van der Waals surface area contributed by atoms with Crippen molar-refractivity contribution in [3.63, 3.8) is 0 Å². The van der Waals surface area contributed by atoms with E-state index in [0.717, 1.165) is 34.4 Å². The number of nitrogens with one attached hydrogen (secondary N) is 1. The van der Waals surface area contributed by atoms with Gasteiger partial charge in [0.25, 0.3) is 5.91 Å². The lowest BCUT2D eigenvalue weighted by molar-refractivity contribution is 0.101. The predicted octanol–water partition coefficient (Wildman–Crippen LogP) is 5.08. The molecule has 0 saturated heterocycles. The Kier molecular flexibility index (Phi) is 3.81. The number of hydrogen-bond acceptors (Lipinski definition) is 3. The van der Waals surface area contributed by atoms with Crippen molar-refractivity contribution in [2.24, 2.45) is 7.05 Å². The third-order valence-electron chi connectivity index (χ3n) is 3.91. The molecule has 0 unspecified atom stereocenters. The summed E-state index contributed by atoms with van der Waals surface area (Å²) in [5.41, 5.74) is 1.65. The fraction of sp³-hybridized carbons (Fsp3) is 0.0588. The summed E-state index contributed by atoms with van der Waals surface area (Å²) in [7, 11) is 1.80. The van der Waals surface area contributed by atoms with E-state index >= 15 is 0 Å². The maximum absolute atomic E-state index is 13.3. The number of halogens is 3. The van der Waals surface area contributed by atoms with E-state index in [-0.39, 0.29) is 11.0 Å². The molecule has 0 spiro atoms. The zero-order valence-electron chi connectivity index (χ0n) is 12.8. The Bertz CT molecular complexity index is 1070. The third kappa shape index (κ3) is 2.61. The van der Waals surface area contributed by atoms with Crippen LogP contribution in [0.15, 0.2) is 40.9 Å². The van der Waals surface area contributed by atoms with Crippen LogP contribution in [0, 0.1) is 11.6 Å². The van der Waals surface area contributed by atoms with Crippen molar-refractivity contribution < 1.29 is 13.6 Å². The number of thiazole rings is 1. The first-order valence-corrected chi connectivity index (χ1v) is 8.86. The second-order valence-electron chi connectivity index (χ2n) is 5.45. The number of benzene rings is 2. The number of hydrogen-bond donors (Lipinski definition) is 1.